The summed E-state index contributed by atoms with van der Waals surface area (Å²) >= 11 is 0. The highest BCUT2D eigenvalue weighted by Crippen LogP contribution is 2.45. The molecule has 3 unspecified atom stereocenters. The molecule has 3 aliphatic rings. The van der Waals surface area contributed by atoms with Gasteiger partial charge in [-0.1, -0.05) is 6.92 Å². The summed E-state index contributed by atoms with van der Waals surface area (Å²) in [5, 5.41) is 14.6. The number of aliphatic hydroxyl groups excluding tert-OH is 1. The van der Waals surface area contributed by atoms with E-state index < -0.39 is 23.3 Å². The van der Waals surface area contributed by atoms with Crippen molar-refractivity contribution in [3.8, 4) is 0 Å². The van der Waals surface area contributed by atoms with Crippen molar-refractivity contribution >= 4 is 5.91 Å². The quantitative estimate of drug-likeness (QED) is 0.714. The van der Waals surface area contributed by atoms with Crippen LogP contribution >= 0.6 is 0 Å². The van der Waals surface area contributed by atoms with Gasteiger partial charge in [-0.3, -0.25) is 9.78 Å². The number of aromatic nitrogens is 1. The van der Waals surface area contributed by atoms with Crippen molar-refractivity contribution in [3.05, 3.63) is 29.1 Å². The number of amides is 1. The highest BCUT2D eigenvalue weighted by atomic mass is 19.4. The van der Waals surface area contributed by atoms with Gasteiger partial charge in [-0.2, -0.15) is 13.2 Å². The number of hydrogen-bond donors (Lipinski definition) is 2. The molecule has 2 N–H and O–H groups in total. The van der Waals surface area contributed by atoms with Crippen LogP contribution in [0.1, 0.15) is 62.3 Å². The Bertz CT molecular complexity index is 828. The van der Waals surface area contributed by atoms with Crippen LogP contribution in [0.25, 0.3) is 0 Å². The number of ether oxygens (including phenoxy) is 1. The molecular weight excluding hydrogens is 423 g/mol. The second kappa shape index (κ2) is 9.27. The van der Waals surface area contributed by atoms with Crippen LogP contribution in [0.2, 0.25) is 0 Å². The number of aliphatic hydroxyl groups is 1. The maximum atomic E-state index is 13.7. The van der Waals surface area contributed by atoms with Crippen LogP contribution in [-0.2, 0) is 28.7 Å². The van der Waals surface area contributed by atoms with Gasteiger partial charge >= 0.3 is 6.18 Å². The molecule has 178 valence electrons. The van der Waals surface area contributed by atoms with Crippen LogP contribution in [0.5, 0.6) is 0 Å². The lowest BCUT2D eigenvalue weighted by molar-refractivity contribution is -0.150. The number of carbonyl (C=O) groups excluding carboxylic acids is 1. The van der Waals surface area contributed by atoms with E-state index in [4.69, 9.17) is 4.74 Å². The van der Waals surface area contributed by atoms with Gasteiger partial charge in [-0.25, -0.2) is 0 Å². The van der Waals surface area contributed by atoms with Gasteiger partial charge < -0.3 is 20.1 Å². The predicted octanol–water partition coefficient (Wildman–Crippen LogP) is 3.06. The number of fused-ring (bicyclic) bond motifs is 1. The van der Waals surface area contributed by atoms with Gasteiger partial charge in [-0.15, -0.1) is 0 Å². The predicted molar refractivity (Wildman–Crippen MR) is 112 cm³/mol. The van der Waals surface area contributed by atoms with E-state index >= 15 is 0 Å². The van der Waals surface area contributed by atoms with Gasteiger partial charge in [0.25, 0.3) is 0 Å². The van der Waals surface area contributed by atoms with Crippen molar-refractivity contribution in [2.45, 2.75) is 82.8 Å². The number of nitrogens with zero attached hydrogens (tertiary/aromatic N) is 2. The Morgan fingerprint density at radius 1 is 1.34 bits per heavy atom. The summed E-state index contributed by atoms with van der Waals surface area (Å²) in [7, 11) is 0. The van der Waals surface area contributed by atoms with Gasteiger partial charge in [-0.05, 0) is 50.2 Å². The van der Waals surface area contributed by atoms with E-state index in [1.807, 2.05) is 6.92 Å². The molecule has 1 aromatic heterocycles. The number of alkyl halides is 3. The maximum Gasteiger partial charge on any atom is 0.417 e. The largest absolute Gasteiger partial charge is 0.417 e. The lowest BCUT2D eigenvalue weighted by Gasteiger charge is -2.39. The van der Waals surface area contributed by atoms with Gasteiger partial charge in [0.1, 0.15) is 0 Å². The maximum absolute atomic E-state index is 13.7. The fourth-order valence-electron chi connectivity index (χ4n) is 5.52. The Hall–Kier alpha value is -1.71. The van der Waals surface area contributed by atoms with Crippen LogP contribution < -0.4 is 5.32 Å². The summed E-state index contributed by atoms with van der Waals surface area (Å²) in [4.78, 5) is 19.3. The first-order valence-electron chi connectivity index (χ1n) is 11.6. The van der Waals surface area contributed by atoms with Crippen LogP contribution in [-0.4, -0.2) is 58.8 Å². The second-order valence-electron chi connectivity index (χ2n) is 9.38. The molecule has 32 heavy (non-hydrogen) atoms. The van der Waals surface area contributed by atoms with Crippen molar-refractivity contribution in [1.29, 1.82) is 0 Å². The molecule has 1 aliphatic carbocycles. The van der Waals surface area contributed by atoms with Gasteiger partial charge in [0, 0.05) is 56.7 Å². The first kappa shape index (κ1) is 23.4. The first-order valence-corrected chi connectivity index (χ1v) is 11.6. The average Bonchev–Trinajstić information content (AvgIpc) is 3.22. The molecule has 0 radical (unpaired) electrons. The molecule has 3 heterocycles. The molecule has 2 fully saturated rings. The van der Waals surface area contributed by atoms with Crippen molar-refractivity contribution in [1.82, 2.24) is 15.2 Å². The SMILES string of the molecule is CCC(O)C1(C(=O)N2CCc3ncc(C(F)(F)F)cc3C2)CCC(NC2CCOCC2)C1. The fraction of sp³-hybridized carbons (Fsp3) is 0.739. The van der Waals surface area contributed by atoms with Gasteiger partial charge in [0.15, 0.2) is 0 Å². The molecule has 1 aromatic rings. The zero-order valence-corrected chi connectivity index (χ0v) is 18.5. The smallest absolute Gasteiger partial charge is 0.392 e. The molecule has 0 aromatic carbocycles. The monoisotopic (exact) mass is 455 g/mol. The number of halogens is 3. The highest BCUT2D eigenvalue weighted by Gasteiger charge is 2.52. The van der Waals surface area contributed by atoms with Crippen molar-refractivity contribution in [2.24, 2.45) is 5.41 Å². The number of carbonyl (C=O) groups is 1. The molecule has 0 spiro atoms. The van der Waals surface area contributed by atoms with Crippen LogP contribution in [0.3, 0.4) is 0 Å². The highest BCUT2D eigenvalue weighted by molar-refractivity contribution is 5.84. The third-order valence-corrected chi connectivity index (χ3v) is 7.35. The van der Waals surface area contributed by atoms with E-state index in [9.17, 15) is 23.1 Å². The van der Waals surface area contributed by atoms with E-state index in [-0.39, 0.29) is 18.5 Å². The molecule has 1 saturated carbocycles. The zero-order chi connectivity index (χ0) is 22.9. The van der Waals surface area contributed by atoms with E-state index in [0.29, 0.717) is 49.5 Å². The number of hydrogen-bond acceptors (Lipinski definition) is 5. The van der Waals surface area contributed by atoms with E-state index in [1.165, 1.54) is 0 Å². The van der Waals surface area contributed by atoms with Crippen LogP contribution in [0, 0.1) is 5.41 Å². The number of nitrogens with one attached hydrogen (secondary N) is 1. The molecular formula is C23H32F3N3O3. The Morgan fingerprint density at radius 3 is 2.78 bits per heavy atom. The minimum absolute atomic E-state index is 0.0985. The molecule has 3 atom stereocenters. The third kappa shape index (κ3) is 4.65. The lowest BCUT2D eigenvalue weighted by atomic mass is 9.77. The Labute approximate surface area is 186 Å². The second-order valence-corrected chi connectivity index (χ2v) is 9.38. The first-order chi connectivity index (χ1) is 15.2. The summed E-state index contributed by atoms with van der Waals surface area (Å²) in [5.74, 6) is -0.147. The van der Waals surface area contributed by atoms with Crippen molar-refractivity contribution in [3.63, 3.8) is 0 Å². The Morgan fingerprint density at radius 2 is 2.09 bits per heavy atom. The van der Waals surface area contributed by atoms with Crippen molar-refractivity contribution in [2.75, 3.05) is 19.8 Å². The average molecular weight is 456 g/mol. The lowest BCUT2D eigenvalue weighted by Crippen LogP contribution is -2.51. The molecule has 1 amide bonds. The molecule has 4 rings (SSSR count). The minimum atomic E-state index is -4.47. The van der Waals surface area contributed by atoms with Crippen LogP contribution in [0.4, 0.5) is 13.2 Å². The Kier molecular flexibility index (Phi) is 6.79. The van der Waals surface area contributed by atoms with Crippen molar-refractivity contribution < 1.29 is 27.8 Å². The molecule has 2 aliphatic heterocycles. The molecule has 6 nitrogen and oxygen atoms in total. The topological polar surface area (TPSA) is 74.7 Å². The number of rotatable bonds is 5. The summed E-state index contributed by atoms with van der Waals surface area (Å²) in [5.41, 5.74) is -0.645. The summed E-state index contributed by atoms with van der Waals surface area (Å²) in [6.07, 6.45) is 0.276. The van der Waals surface area contributed by atoms with E-state index in [1.54, 1.807) is 4.90 Å². The standard InChI is InChI=1S/C23H32F3N3O3/c1-2-20(30)22(7-3-18(12-22)28-17-5-9-32-10-6-17)21(31)29-8-4-19-15(14-29)11-16(13-27-19)23(24,25)26/h11,13,17-18,20,28,30H,2-10,12,14H2,1H3. The normalized spacial score (nSPS) is 27.9. The summed E-state index contributed by atoms with van der Waals surface area (Å²) in [6.45, 7) is 3.83. The minimum Gasteiger partial charge on any atom is -0.392 e. The molecule has 0 bridgehead atoms. The van der Waals surface area contributed by atoms with E-state index in [2.05, 4.69) is 10.3 Å². The zero-order valence-electron chi connectivity index (χ0n) is 18.5. The molecule has 1 saturated heterocycles. The summed E-state index contributed by atoms with van der Waals surface area (Å²) in [6, 6.07) is 1.60. The van der Waals surface area contributed by atoms with Crippen LogP contribution in [0.15, 0.2) is 12.3 Å². The van der Waals surface area contributed by atoms with Gasteiger partial charge in [0.05, 0.1) is 17.1 Å². The van der Waals surface area contributed by atoms with Gasteiger partial charge in [0.2, 0.25) is 5.91 Å². The van der Waals surface area contributed by atoms with E-state index in [0.717, 1.165) is 44.7 Å². The fourth-order valence-corrected chi connectivity index (χ4v) is 5.52. The summed E-state index contributed by atoms with van der Waals surface area (Å²) < 4.78 is 44.8. The number of pyridine rings is 1. The third-order valence-electron chi connectivity index (χ3n) is 7.35. The Balaban J connectivity index is 1.50. The molecule has 9 heteroatoms.